The zero-order chi connectivity index (χ0) is 33.6. The average Bonchev–Trinajstić information content (AvgIpc) is 3.78. The Morgan fingerprint density at radius 2 is 1.92 bits per heavy atom. The molecule has 14 nitrogen and oxygen atoms in total. The molecule has 5 heterocycles. The second kappa shape index (κ2) is 12.0. The lowest BCUT2D eigenvalue weighted by atomic mass is 9.97. The van der Waals surface area contributed by atoms with E-state index < -0.39 is 22.2 Å². The van der Waals surface area contributed by atoms with E-state index in [1.165, 1.54) is 10.7 Å². The van der Waals surface area contributed by atoms with Crippen molar-refractivity contribution in [2.75, 3.05) is 11.3 Å². The van der Waals surface area contributed by atoms with Crippen LogP contribution < -0.4 is 25.1 Å². The van der Waals surface area contributed by atoms with Crippen molar-refractivity contribution in [3.05, 3.63) is 112 Å². The van der Waals surface area contributed by atoms with Crippen LogP contribution in [0, 0.1) is 11.8 Å². The molecular formula is C33H29N9O5S. The number of fused-ring (bicyclic) bond motifs is 1. The van der Waals surface area contributed by atoms with E-state index in [0.29, 0.717) is 44.6 Å². The molecule has 1 atom stereocenters. The number of para-hydroxylation sites is 1. The van der Waals surface area contributed by atoms with Gasteiger partial charge in [0.05, 0.1) is 28.9 Å². The number of hydrogen-bond acceptors (Lipinski definition) is 8. The van der Waals surface area contributed by atoms with Crippen LogP contribution in [0.3, 0.4) is 0 Å². The summed E-state index contributed by atoms with van der Waals surface area (Å²) in [6.07, 6.45) is 6.47. The average molecular weight is 664 g/mol. The lowest BCUT2D eigenvalue weighted by Gasteiger charge is -2.23. The largest absolute Gasteiger partial charge is 0.488 e. The summed E-state index contributed by atoms with van der Waals surface area (Å²) < 4.78 is 40.5. The second-order valence-electron chi connectivity index (χ2n) is 11.1. The van der Waals surface area contributed by atoms with E-state index in [1.54, 1.807) is 79.1 Å². The zero-order valence-electron chi connectivity index (χ0n) is 26.1. The Morgan fingerprint density at radius 3 is 2.67 bits per heavy atom. The summed E-state index contributed by atoms with van der Waals surface area (Å²) in [6.45, 7) is 3.66. The third-order valence-electron chi connectivity index (χ3n) is 7.81. The molecule has 48 heavy (non-hydrogen) atoms. The molecule has 3 N–H and O–H groups in total. The molecule has 0 radical (unpaired) electrons. The van der Waals surface area contributed by atoms with E-state index in [9.17, 15) is 18.0 Å². The normalized spacial score (nSPS) is 12.8. The van der Waals surface area contributed by atoms with Crippen molar-refractivity contribution in [1.29, 1.82) is 0 Å². The van der Waals surface area contributed by atoms with E-state index in [-0.39, 0.29) is 35.7 Å². The fourth-order valence-corrected chi connectivity index (χ4v) is 6.73. The van der Waals surface area contributed by atoms with Gasteiger partial charge in [-0.25, -0.2) is 9.50 Å². The first kappa shape index (κ1) is 30.7. The monoisotopic (exact) mass is 663 g/mol. The van der Waals surface area contributed by atoms with Gasteiger partial charge >= 0.3 is 0 Å². The quantitative estimate of drug-likeness (QED) is 0.209. The fourth-order valence-electron chi connectivity index (χ4n) is 5.88. The van der Waals surface area contributed by atoms with Crippen LogP contribution >= 0.6 is 0 Å². The van der Waals surface area contributed by atoms with Gasteiger partial charge < -0.3 is 10.1 Å². The smallest absolute Gasteiger partial charge is 0.300 e. The topological polar surface area (TPSA) is 167 Å². The summed E-state index contributed by atoms with van der Waals surface area (Å²) in [4.78, 5) is 32.9. The van der Waals surface area contributed by atoms with E-state index in [1.807, 2.05) is 18.2 Å². The van der Waals surface area contributed by atoms with Crippen LogP contribution in [0.4, 0.5) is 5.82 Å². The lowest BCUT2D eigenvalue weighted by Crippen LogP contribution is -2.34. The third kappa shape index (κ3) is 5.42. The van der Waals surface area contributed by atoms with Gasteiger partial charge in [0.1, 0.15) is 17.9 Å². The summed E-state index contributed by atoms with van der Waals surface area (Å²) in [5, 5.41) is 12.4. The van der Waals surface area contributed by atoms with Crippen LogP contribution in [0.15, 0.2) is 78.1 Å². The van der Waals surface area contributed by atoms with Gasteiger partial charge in [0, 0.05) is 54.4 Å². The van der Waals surface area contributed by atoms with Gasteiger partial charge in [-0.15, -0.1) is 5.10 Å². The highest BCUT2D eigenvalue weighted by molar-refractivity contribution is 7.90. The number of hydrogen-bond donors (Lipinski definition) is 3. The molecule has 1 aliphatic heterocycles. The number of aromatic nitrogens is 6. The number of ether oxygens (including phenoxy) is 1. The number of anilines is 1. The number of pyridine rings is 1. The molecule has 0 aliphatic carbocycles. The molecule has 242 valence electrons. The molecule has 0 unspecified atom stereocenters. The molecule has 6 aromatic rings. The number of aryl methyl sites for hydroxylation is 1. The fraction of sp³-hybridized carbons (Fsp3) is 0.182. The van der Waals surface area contributed by atoms with Crippen molar-refractivity contribution in [3.8, 4) is 23.3 Å². The Morgan fingerprint density at radius 1 is 1.10 bits per heavy atom. The maximum absolute atomic E-state index is 14.6. The van der Waals surface area contributed by atoms with Crippen molar-refractivity contribution >= 4 is 38.4 Å². The zero-order valence-corrected chi connectivity index (χ0v) is 26.9. The predicted molar refractivity (Wildman–Crippen MR) is 178 cm³/mol. The Bertz CT molecular complexity index is 2470. The predicted octanol–water partition coefficient (Wildman–Crippen LogP) is 2.82. The standard InChI is InChI=1S/C33H29N9O5S/c1-4-36-48(45,46)39-30-28(31-34-15-8-16-41(31)38-30)32(43)37-20(2)29-24-19-47-25-14-13-22(12-11-21-17-35-40(3)18-21)26(27(24)25)33(44)42(29)23-9-6-5-7-10-23/h5-10,13-18,20,36H,4,19H2,1-3H3,(H,37,43)(H,38,39)/t20-/m0/s1. The van der Waals surface area contributed by atoms with Crippen molar-refractivity contribution in [1.82, 2.24) is 39.0 Å². The SMILES string of the molecule is CCNS(=O)(=O)Nc1nn2cccnc2c1C(=O)N[C@@H](C)c1c2c3c(ccc(C#Cc4cnn(C)c4)c3c(=O)n1-c1ccccc1)OC2. The number of nitrogens with one attached hydrogen (secondary N) is 3. The molecule has 4 aromatic heterocycles. The lowest BCUT2D eigenvalue weighted by molar-refractivity contribution is 0.0940. The van der Waals surface area contributed by atoms with E-state index >= 15 is 0 Å². The van der Waals surface area contributed by atoms with Gasteiger partial charge in [-0.2, -0.15) is 18.2 Å². The van der Waals surface area contributed by atoms with Crippen LogP contribution in [0.2, 0.25) is 0 Å². The minimum Gasteiger partial charge on any atom is -0.488 e. The molecule has 0 saturated carbocycles. The molecule has 15 heteroatoms. The van der Waals surface area contributed by atoms with E-state index in [2.05, 4.69) is 41.8 Å². The van der Waals surface area contributed by atoms with Crippen molar-refractivity contribution < 1.29 is 17.9 Å². The van der Waals surface area contributed by atoms with Crippen molar-refractivity contribution in [3.63, 3.8) is 0 Å². The van der Waals surface area contributed by atoms with Gasteiger partial charge in [0.15, 0.2) is 11.5 Å². The Hall–Kier alpha value is -5.98. The molecule has 0 fully saturated rings. The Balaban J connectivity index is 1.38. The van der Waals surface area contributed by atoms with Gasteiger partial charge in [-0.3, -0.25) is 23.6 Å². The highest BCUT2D eigenvalue weighted by Gasteiger charge is 2.31. The molecule has 0 bridgehead atoms. The number of nitrogens with zero attached hydrogens (tertiary/aromatic N) is 6. The maximum Gasteiger partial charge on any atom is 0.300 e. The highest BCUT2D eigenvalue weighted by Crippen LogP contribution is 2.39. The number of benzene rings is 2. The van der Waals surface area contributed by atoms with Crippen LogP contribution in [-0.4, -0.2) is 49.8 Å². The van der Waals surface area contributed by atoms with Crippen LogP contribution in [0.5, 0.6) is 5.75 Å². The minimum absolute atomic E-state index is 0.0837. The first-order valence-corrected chi connectivity index (χ1v) is 16.5. The summed E-state index contributed by atoms with van der Waals surface area (Å²) >= 11 is 0. The van der Waals surface area contributed by atoms with Crippen molar-refractivity contribution in [2.45, 2.75) is 26.5 Å². The van der Waals surface area contributed by atoms with Crippen LogP contribution in [0.1, 0.15) is 52.6 Å². The molecule has 0 saturated heterocycles. The van der Waals surface area contributed by atoms with E-state index in [0.717, 1.165) is 0 Å². The Kier molecular flexibility index (Phi) is 7.66. The van der Waals surface area contributed by atoms with Gasteiger partial charge in [0.2, 0.25) is 0 Å². The minimum atomic E-state index is -4.03. The second-order valence-corrected chi connectivity index (χ2v) is 12.6. The van der Waals surface area contributed by atoms with Gasteiger partial charge in [-0.1, -0.05) is 37.0 Å². The molecule has 1 aliphatic rings. The number of rotatable bonds is 8. The summed E-state index contributed by atoms with van der Waals surface area (Å²) in [5.74, 6) is 5.93. The first-order chi connectivity index (χ1) is 23.1. The molecule has 7 rings (SSSR count). The summed E-state index contributed by atoms with van der Waals surface area (Å²) in [5.41, 5.74) is 2.74. The van der Waals surface area contributed by atoms with Gasteiger partial charge in [0.25, 0.3) is 21.7 Å². The Labute approximate surface area is 274 Å². The maximum atomic E-state index is 14.6. The van der Waals surface area contributed by atoms with Crippen LogP contribution in [-0.2, 0) is 23.9 Å². The molecular weight excluding hydrogens is 634 g/mol. The highest BCUT2D eigenvalue weighted by atomic mass is 32.2. The number of amides is 1. The molecule has 0 spiro atoms. The summed E-state index contributed by atoms with van der Waals surface area (Å²) in [7, 11) is -2.23. The van der Waals surface area contributed by atoms with Crippen molar-refractivity contribution in [2.24, 2.45) is 7.05 Å². The van der Waals surface area contributed by atoms with Crippen LogP contribution in [0.25, 0.3) is 22.1 Å². The number of carbonyl (C=O) groups excluding carboxylic acids is 1. The molecule has 1 amide bonds. The molecule has 2 aromatic carbocycles. The summed E-state index contributed by atoms with van der Waals surface area (Å²) in [6, 6.07) is 13.5. The van der Waals surface area contributed by atoms with E-state index in [4.69, 9.17) is 4.74 Å². The van der Waals surface area contributed by atoms with Gasteiger partial charge in [-0.05, 0) is 37.3 Å². The number of carbonyl (C=O) groups is 1. The first-order valence-electron chi connectivity index (χ1n) is 15.0. The third-order valence-corrected chi connectivity index (χ3v) is 8.95.